The van der Waals surface area contributed by atoms with Crippen LogP contribution in [0.25, 0.3) is 11.0 Å². The molecule has 1 aromatic carbocycles. The van der Waals surface area contributed by atoms with Gasteiger partial charge < -0.3 is 15.0 Å². The largest absolute Gasteiger partial charge is 0.480 e. The van der Waals surface area contributed by atoms with E-state index in [0.29, 0.717) is 17.5 Å². The molecule has 2 N–H and O–H groups in total. The maximum Gasteiger partial charge on any atom is 0.326 e. The van der Waals surface area contributed by atoms with Gasteiger partial charge in [0, 0.05) is 17.6 Å². The second kappa shape index (κ2) is 7.35. The van der Waals surface area contributed by atoms with Crippen molar-refractivity contribution in [2.75, 3.05) is 6.54 Å². The van der Waals surface area contributed by atoms with E-state index >= 15 is 0 Å². The molecule has 1 aliphatic rings. The van der Waals surface area contributed by atoms with E-state index in [2.05, 4.69) is 4.98 Å². The Morgan fingerprint density at radius 2 is 2.04 bits per heavy atom. The number of rotatable bonds is 6. The Balaban J connectivity index is 1.96. The molecule has 7 heteroatoms. The molecular formula is C19H25N3O4. The molecule has 26 heavy (non-hydrogen) atoms. The molecule has 1 heterocycles. The Hall–Kier alpha value is -2.57. The number of imidazole rings is 1. The number of H-pyrrole nitrogens is 1. The number of hydrogen-bond acceptors (Lipinski definition) is 3. The quantitative estimate of drug-likeness (QED) is 0.829. The molecule has 1 aliphatic carbocycles. The number of carbonyl (C=O) groups excluding carboxylic acids is 1. The number of benzene rings is 1. The number of amides is 1. The van der Waals surface area contributed by atoms with Crippen molar-refractivity contribution in [3.8, 4) is 0 Å². The molecule has 1 fully saturated rings. The fourth-order valence-corrected chi connectivity index (χ4v) is 3.75. The SMILES string of the molecule is CCC(C)N(CC(=O)O)C(=O)c1ccc2c(c1)[nH]c(=O)n2C1CCCC1. The van der Waals surface area contributed by atoms with Crippen LogP contribution in [0.5, 0.6) is 0 Å². The van der Waals surface area contributed by atoms with Crippen LogP contribution in [-0.4, -0.2) is 44.0 Å². The molecule has 0 saturated heterocycles. The third-order valence-electron chi connectivity index (χ3n) is 5.34. The van der Waals surface area contributed by atoms with Gasteiger partial charge in [0.2, 0.25) is 0 Å². The fourth-order valence-electron chi connectivity index (χ4n) is 3.75. The summed E-state index contributed by atoms with van der Waals surface area (Å²) in [5, 5.41) is 9.11. The predicted octanol–water partition coefficient (Wildman–Crippen LogP) is 2.77. The molecular weight excluding hydrogens is 334 g/mol. The highest BCUT2D eigenvalue weighted by Gasteiger charge is 2.25. The smallest absolute Gasteiger partial charge is 0.326 e. The van der Waals surface area contributed by atoms with Gasteiger partial charge in [0.15, 0.2) is 0 Å². The Bertz CT molecular complexity index is 877. The van der Waals surface area contributed by atoms with E-state index in [1.165, 1.54) is 4.90 Å². The molecule has 1 amide bonds. The van der Waals surface area contributed by atoms with Crippen LogP contribution >= 0.6 is 0 Å². The fraction of sp³-hybridized carbons (Fsp3) is 0.526. The van der Waals surface area contributed by atoms with Crippen molar-refractivity contribution in [3.63, 3.8) is 0 Å². The lowest BCUT2D eigenvalue weighted by molar-refractivity contribution is -0.138. The molecule has 1 atom stereocenters. The molecule has 3 rings (SSSR count). The van der Waals surface area contributed by atoms with Gasteiger partial charge in [-0.25, -0.2) is 4.79 Å². The lowest BCUT2D eigenvalue weighted by Gasteiger charge is -2.27. The summed E-state index contributed by atoms with van der Waals surface area (Å²) < 4.78 is 1.79. The molecule has 140 valence electrons. The van der Waals surface area contributed by atoms with Crippen molar-refractivity contribution >= 4 is 22.9 Å². The van der Waals surface area contributed by atoms with E-state index in [0.717, 1.165) is 31.2 Å². The summed E-state index contributed by atoms with van der Waals surface area (Å²) in [4.78, 5) is 40.5. The zero-order valence-corrected chi connectivity index (χ0v) is 15.2. The minimum Gasteiger partial charge on any atom is -0.480 e. The van der Waals surface area contributed by atoms with Crippen LogP contribution in [0.15, 0.2) is 23.0 Å². The standard InChI is InChI=1S/C19H25N3O4/c1-3-12(2)21(11-17(23)24)18(25)13-8-9-16-15(10-13)20-19(26)22(16)14-6-4-5-7-14/h8-10,12,14H,3-7,11H2,1-2H3,(H,20,26)(H,23,24). The maximum atomic E-state index is 12.8. The van der Waals surface area contributed by atoms with Gasteiger partial charge >= 0.3 is 11.7 Å². The molecule has 0 bridgehead atoms. The van der Waals surface area contributed by atoms with Crippen molar-refractivity contribution in [1.29, 1.82) is 0 Å². The van der Waals surface area contributed by atoms with Crippen LogP contribution in [-0.2, 0) is 4.79 Å². The van der Waals surface area contributed by atoms with Crippen LogP contribution in [0.4, 0.5) is 0 Å². The maximum absolute atomic E-state index is 12.8. The van der Waals surface area contributed by atoms with E-state index < -0.39 is 5.97 Å². The molecule has 2 aromatic rings. The van der Waals surface area contributed by atoms with Crippen molar-refractivity contribution in [2.45, 2.75) is 58.0 Å². The van der Waals surface area contributed by atoms with E-state index in [4.69, 9.17) is 5.11 Å². The van der Waals surface area contributed by atoms with Crippen molar-refractivity contribution in [1.82, 2.24) is 14.5 Å². The highest BCUT2D eigenvalue weighted by atomic mass is 16.4. The van der Waals surface area contributed by atoms with E-state index in [1.54, 1.807) is 22.8 Å². The molecule has 0 radical (unpaired) electrons. The van der Waals surface area contributed by atoms with Gasteiger partial charge in [-0.05, 0) is 44.4 Å². The number of carboxylic acid groups (broad SMARTS) is 1. The summed E-state index contributed by atoms with van der Waals surface area (Å²) in [6.07, 6.45) is 4.90. The lowest BCUT2D eigenvalue weighted by atomic mass is 10.1. The number of aromatic amines is 1. The number of hydrogen-bond donors (Lipinski definition) is 2. The van der Waals surface area contributed by atoms with E-state index in [1.807, 2.05) is 13.8 Å². The van der Waals surface area contributed by atoms with E-state index in [9.17, 15) is 14.4 Å². The van der Waals surface area contributed by atoms with Gasteiger partial charge in [-0.1, -0.05) is 19.8 Å². The lowest BCUT2D eigenvalue weighted by Crippen LogP contribution is -2.41. The summed E-state index contributed by atoms with van der Waals surface area (Å²) in [5.41, 5.74) is 1.65. The van der Waals surface area contributed by atoms with Gasteiger partial charge in [0.1, 0.15) is 6.54 Å². The first kappa shape index (κ1) is 18.2. The Morgan fingerprint density at radius 1 is 1.35 bits per heavy atom. The minimum atomic E-state index is -1.04. The monoisotopic (exact) mass is 359 g/mol. The first-order valence-corrected chi connectivity index (χ1v) is 9.19. The summed E-state index contributed by atoms with van der Waals surface area (Å²) in [6, 6.07) is 5.15. The van der Waals surface area contributed by atoms with Crippen LogP contribution in [0.2, 0.25) is 0 Å². The zero-order chi connectivity index (χ0) is 18.8. The molecule has 1 saturated carbocycles. The molecule has 1 aromatic heterocycles. The first-order chi connectivity index (χ1) is 12.4. The van der Waals surface area contributed by atoms with Gasteiger partial charge in [-0.15, -0.1) is 0 Å². The number of carbonyl (C=O) groups is 2. The summed E-state index contributed by atoms with van der Waals surface area (Å²) in [6.45, 7) is 3.40. The highest BCUT2D eigenvalue weighted by molar-refractivity contribution is 5.98. The number of nitrogens with zero attached hydrogens (tertiary/aromatic N) is 2. The normalized spacial score (nSPS) is 16.1. The highest BCUT2D eigenvalue weighted by Crippen LogP contribution is 2.30. The molecule has 0 aliphatic heterocycles. The Morgan fingerprint density at radius 3 is 2.65 bits per heavy atom. The number of aliphatic carboxylic acids is 1. The van der Waals surface area contributed by atoms with Crippen LogP contribution in [0.3, 0.4) is 0 Å². The van der Waals surface area contributed by atoms with Crippen LogP contribution < -0.4 is 5.69 Å². The second-order valence-electron chi connectivity index (χ2n) is 7.05. The van der Waals surface area contributed by atoms with Crippen molar-refractivity contribution in [3.05, 3.63) is 34.2 Å². The average molecular weight is 359 g/mol. The number of nitrogens with one attached hydrogen (secondary N) is 1. The second-order valence-corrected chi connectivity index (χ2v) is 7.05. The molecule has 0 spiro atoms. The van der Waals surface area contributed by atoms with Crippen molar-refractivity contribution < 1.29 is 14.7 Å². The minimum absolute atomic E-state index is 0.152. The number of fused-ring (bicyclic) bond motifs is 1. The predicted molar refractivity (Wildman–Crippen MR) is 98.5 cm³/mol. The van der Waals surface area contributed by atoms with Crippen LogP contribution in [0.1, 0.15) is 62.4 Å². The topological polar surface area (TPSA) is 95.4 Å². The van der Waals surface area contributed by atoms with Gasteiger partial charge in [-0.2, -0.15) is 0 Å². The third-order valence-corrected chi connectivity index (χ3v) is 5.34. The average Bonchev–Trinajstić information content (AvgIpc) is 3.23. The molecule has 1 unspecified atom stereocenters. The molecule has 7 nitrogen and oxygen atoms in total. The Kier molecular flexibility index (Phi) is 5.15. The first-order valence-electron chi connectivity index (χ1n) is 9.19. The Labute approximate surface area is 151 Å². The summed E-state index contributed by atoms with van der Waals surface area (Å²) in [7, 11) is 0. The number of aromatic nitrogens is 2. The summed E-state index contributed by atoms with van der Waals surface area (Å²) >= 11 is 0. The summed E-state index contributed by atoms with van der Waals surface area (Å²) in [5.74, 6) is -1.38. The zero-order valence-electron chi connectivity index (χ0n) is 15.2. The van der Waals surface area contributed by atoms with E-state index in [-0.39, 0.29) is 30.2 Å². The van der Waals surface area contributed by atoms with Gasteiger partial charge in [0.05, 0.1) is 11.0 Å². The van der Waals surface area contributed by atoms with Gasteiger partial charge in [0.25, 0.3) is 5.91 Å². The van der Waals surface area contributed by atoms with Gasteiger partial charge in [-0.3, -0.25) is 14.2 Å². The number of carboxylic acids is 1. The van der Waals surface area contributed by atoms with Crippen molar-refractivity contribution in [2.24, 2.45) is 0 Å². The van der Waals surface area contributed by atoms with Crippen LogP contribution in [0, 0.1) is 0 Å². The third kappa shape index (κ3) is 3.38.